The summed E-state index contributed by atoms with van der Waals surface area (Å²) in [6.45, 7) is 4.53. The molecule has 0 amide bonds. The first-order valence-electron chi connectivity index (χ1n) is 12.2. The van der Waals surface area contributed by atoms with Gasteiger partial charge in [-0.15, -0.1) is 0 Å². The van der Waals surface area contributed by atoms with Gasteiger partial charge in [0.15, 0.2) is 0 Å². The van der Waals surface area contributed by atoms with Crippen molar-refractivity contribution in [1.29, 1.82) is 0 Å². The van der Waals surface area contributed by atoms with Crippen LogP contribution in [0.4, 0.5) is 0 Å². The fourth-order valence-electron chi connectivity index (χ4n) is 3.39. The van der Waals surface area contributed by atoms with Gasteiger partial charge in [-0.2, -0.15) is 0 Å². The average molecular weight is 417 g/mol. The smallest absolute Gasteiger partial charge is 0.306 e. The molecular formula is C27H44O3. The zero-order valence-corrected chi connectivity index (χ0v) is 19.5. The lowest BCUT2D eigenvalue weighted by atomic mass is 10.1. The molecule has 0 bridgehead atoms. The highest BCUT2D eigenvalue weighted by Crippen LogP contribution is 2.12. The molecule has 30 heavy (non-hydrogen) atoms. The predicted octanol–water partition coefficient (Wildman–Crippen LogP) is 8.03. The zero-order chi connectivity index (χ0) is 21.7. The molecule has 0 aliphatic carbocycles. The highest BCUT2D eigenvalue weighted by atomic mass is 16.6. The van der Waals surface area contributed by atoms with E-state index in [0.29, 0.717) is 13.0 Å². The number of esters is 1. The highest BCUT2D eigenvalue weighted by Gasteiger charge is 2.10. The molecule has 3 heteroatoms. The van der Waals surface area contributed by atoms with Gasteiger partial charge in [0.05, 0.1) is 0 Å². The number of para-hydroxylation sites is 1. The van der Waals surface area contributed by atoms with Crippen LogP contribution in [0.3, 0.4) is 0 Å². The van der Waals surface area contributed by atoms with Crippen LogP contribution in [-0.2, 0) is 9.53 Å². The van der Waals surface area contributed by atoms with Gasteiger partial charge in [0, 0.05) is 6.42 Å². The Morgan fingerprint density at radius 3 is 2.03 bits per heavy atom. The van der Waals surface area contributed by atoms with Crippen molar-refractivity contribution in [2.75, 3.05) is 6.61 Å². The molecule has 1 unspecified atom stereocenters. The van der Waals surface area contributed by atoms with Crippen molar-refractivity contribution >= 4 is 5.97 Å². The Bertz CT molecular complexity index is 538. The SMILES string of the molecule is CCCCCCCC/C=C\CCCCCCCC(=O)OC(C)COc1ccccc1. The van der Waals surface area contributed by atoms with Crippen LogP contribution in [0.1, 0.15) is 104 Å². The van der Waals surface area contributed by atoms with E-state index in [2.05, 4.69) is 19.1 Å². The highest BCUT2D eigenvalue weighted by molar-refractivity contribution is 5.69. The van der Waals surface area contributed by atoms with Crippen LogP contribution in [0.5, 0.6) is 5.75 Å². The number of hydrogen-bond acceptors (Lipinski definition) is 3. The summed E-state index contributed by atoms with van der Waals surface area (Å²) in [5.74, 6) is 0.689. The Hall–Kier alpha value is -1.77. The molecule has 0 fully saturated rings. The molecule has 1 aromatic rings. The van der Waals surface area contributed by atoms with Crippen molar-refractivity contribution in [3.63, 3.8) is 0 Å². The maximum absolute atomic E-state index is 11.9. The monoisotopic (exact) mass is 416 g/mol. The van der Waals surface area contributed by atoms with Crippen molar-refractivity contribution < 1.29 is 14.3 Å². The van der Waals surface area contributed by atoms with Gasteiger partial charge in [-0.1, -0.05) is 88.6 Å². The average Bonchev–Trinajstić information content (AvgIpc) is 2.75. The van der Waals surface area contributed by atoms with E-state index in [1.54, 1.807) is 0 Å². The number of carbonyl (C=O) groups excluding carboxylic acids is 1. The van der Waals surface area contributed by atoms with Gasteiger partial charge < -0.3 is 9.47 Å². The Labute approximate surface area is 185 Å². The molecule has 170 valence electrons. The van der Waals surface area contributed by atoms with E-state index in [1.165, 1.54) is 70.6 Å². The van der Waals surface area contributed by atoms with Gasteiger partial charge in [0.2, 0.25) is 0 Å². The van der Waals surface area contributed by atoms with Gasteiger partial charge in [-0.05, 0) is 51.2 Å². The Morgan fingerprint density at radius 2 is 1.40 bits per heavy atom. The first kappa shape index (κ1) is 26.3. The minimum absolute atomic E-state index is 0.114. The summed E-state index contributed by atoms with van der Waals surface area (Å²) in [7, 11) is 0. The lowest BCUT2D eigenvalue weighted by Gasteiger charge is -2.14. The van der Waals surface area contributed by atoms with E-state index in [9.17, 15) is 4.79 Å². The first-order valence-corrected chi connectivity index (χ1v) is 12.2. The van der Waals surface area contributed by atoms with Crippen molar-refractivity contribution in [3.05, 3.63) is 42.5 Å². The maximum atomic E-state index is 11.9. The summed E-state index contributed by atoms with van der Waals surface area (Å²) in [6, 6.07) is 9.61. The molecule has 0 radical (unpaired) electrons. The van der Waals surface area contributed by atoms with Crippen LogP contribution in [0, 0.1) is 0 Å². The minimum atomic E-state index is -0.221. The topological polar surface area (TPSA) is 35.5 Å². The molecule has 0 spiro atoms. The minimum Gasteiger partial charge on any atom is -0.490 e. The molecule has 1 atom stereocenters. The van der Waals surface area contributed by atoms with Crippen LogP contribution in [0.15, 0.2) is 42.5 Å². The third-order valence-corrected chi connectivity index (χ3v) is 5.20. The summed E-state index contributed by atoms with van der Waals surface area (Å²) in [5.41, 5.74) is 0. The number of carbonyl (C=O) groups is 1. The largest absolute Gasteiger partial charge is 0.490 e. The van der Waals surface area contributed by atoms with Crippen molar-refractivity contribution in [2.24, 2.45) is 0 Å². The molecule has 0 aliphatic rings. The molecule has 0 aromatic heterocycles. The van der Waals surface area contributed by atoms with Crippen LogP contribution >= 0.6 is 0 Å². The van der Waals surface area contributed by atoms with E-state index in [4.69, 9.17) is 9.47 Å². The standard InChI is InChI=1S/C27H44O3/c1-3-4-5-6-7-8-9-10-11-12-13-14-15-16-20-23-27(28)30-25(2)24-29-26-21-18-17-19-22-26/h10-11,17-19,21-22,25H,3-9,12-16,20,23-24H2,1-2H3/b11-10-. The molecule has 1 rings (SSSR count). The fraction of sp³-hybridized carbons (Fsp3) is 0.667. The number of unbranched alkanes of at least 4 members (excludes halogenated alkanes) is 11. The second-order valence-corrected chi connectivity index (χ2v) is 8.26. The van der Waals surface area contributed by atoms with E-state index in [0.717, 1.165) is 18.6 Å². The summed E-state index contributed by atoms with van der Waals surface area (Å²) < 4.78 is 11.0. The van der Waals surface area contributed by atoms with Crippen molar-refractivity contribution in [2.45, 2.75) is 110 Å². The van der Waals surface area contributed by atoms with E-state index >= 15 is 0 Å². The van der Waals surface area contributed by atoms with Crippen LogP contribution in [0.2, 0.25) is 0 Å². The number of hydrogen-bond donors (Lipinski definition) is 0. The zero-order valence-electron chi connectivity index (χ0n) is 19.5. The predicted molar refractivity (Wildman–Crippen MR) is 127 cm³/mol. The second kappa shape index (κ2) is 19.2. The molecule has 0 saturated heterocycles. The van der Waals surface area contributed by atoms with Gasteiger partial charge >= 0.3 is 5.97 Å². The molecule has 1 aromatic carbocycles. The molecule has 0 aliphatic heterocycles. The lowest BCUT2D eigenvalue weighted by Crippen LogP contribution is -2.21. The van der Waals surface area contributed by atoms with Crippen LogP contribution in [-0.4, -0.2) is 18.7 Å². The molecule has 3 nitrogen and oxygen atoms in total. The quantitative estimate of drug-likeness (QED) is 0.130. The van der Waals surface area contributed by atoms with Gasteiger partial charge in [0.1, 0.15) is 18.5 Å². The third-order valence-electron chi connectivity index (χ3n) is 5.20. The number of ether oxygens (including phenoxy) is 2. The lowest BCUT2D eigenvalue weighted by molar-refractivity contribution is -0.149. The number of rotatable bonds is 19. The van der Waals surface area contributed by atoms with Gasteiger partial charge in [-0.25, -0.2) is 0 Å². The normalized spacial score (nSPS) is 12.2. The molecular weight excluding hydrogens is 372 g/mol. The van der Waals surface area contributed by atoms with E-state index in [-0.39, 0.29) is 12.1 Å². The summed E-state index contributed by atoms with van der Waals surface area (Å²) >= 11 is 0. The third kappa shape index (κ3) is 16.1. The maximum Gasteiger partial charge on any atom is 0.306 e. The van der Waals surface area contributed by atoms with E-state index in [1.807, 2.05) is 37.3 Å². The second-order valence-electron chi connectivity index (χ2n) is 8.26. The fourth-order valence-corrected chi connectivity index (χ4v) is 3.39. The first-order chi connectivity index (χ1) is 14.7. The van der Waals surface area contributed by atoms with E-state index < -0.39 is 0 Å². The number of allylic oxidation sites excluding steroid dienone is 2. The van der Waals surface area contributed by atoms with Crippen molar-refractivity contribution in [3.8, 4) is 5.75 Å². The van der Waals surface area contributed by atoms with Crippen LogP contribution < -0.4 is 4.74 Å². The molecule has 0 N–H and O–H groups in total. The van der Waals surface area contributed by atoms with Crippen molar-refractivity contribution in [1.82, 2.24) is 0 Å². The molecule has 0 saturated carbocycles. The molecule has 0 heterocycles. The Balaban J connectivity index is 1.86. The Morgan fingerprint density at radius 1 is 0.833 bits per heavy atom. The Kier molecular flexibility index (Phi) is 16.8. The summed E-state index contributed by atoms with van der Waals surface area (Å²) in [6.07, 6.45) is 21.4. The number of benzene rings is 1. The van der Waals surface area contributed by atoms with Crippen LogP contribution in [0.25, 0.3) is 0 Å². The summed E-state index contributed by atoms with van der Waals surface area (Å²) in [4.78, 5) is 11.9. The van der Waals surface area contributed by atoms with Gasteiger partial charge in [-0.3, -0.25) is 4.79 Å². The summed E-state index contributed by atoms with van der Waals surface area (Å²) in [5, 5.41) is 0. The van der Waals surface area contributed by atoms with Gasteiger partial charge in [0.25, 0.3) is 0 Å².